The molecule has 7 nitrogen and oxygen atoms in total. The molecule has 0 aromatic heterocycles. The van der Waals surface area contributed by atoms with Crippen LogP contribution < -0.4 is 5.32 Å². The number of halogens is 1. The highest BCUT2D eigenvalue weighted by molar-refractivity contribution is 6.21. The molecule has 1 saturated heterocycles. The van der Waals surface area contributed by atoms with Gasteiger partial charge >= 0.3 is 6.03 Å². The molecule has 2 aliphatic rings. The van der Waals surface area contributed by atoms with Gasteiger partial charge in [-0.3, -0.25) is 24.2 Å². The molecule has 1 fully saturated rings. The zero-order chi connectivity index (χ0) is 22.9. The van der Waals surface area contributed by atoms with E-state index in [0.717, 1.165) is 16.2 Å². The lowest BCUT2D eigenvalue weighted by Crippen LogP contribution is -2.44. The summed E-state index contributed by atoms with van der Waals surface area (Å²) in [7, 11) is 0. The van der Waals surface area contributed by atoms with E-state index in [2.05, 4.69) is 5.32 Å². The number of carbonyl (C=O) groups excluding carboxylic acids is 4. The molecular weight excluding hydrogens is 413 g/mol. The summed E-state index contributed by atoms with van der Waals surface area (Å²) in [6.07, 6.45) is 2.19. The molecule has 1 N–H and O–H groups in total. The molecule has 1 unspecified atom stereocenters. The third-order valence-corrected chi connectivity index (χ3v) is 6.06. The summed E-state index contributed by atoms with van der Waals surface area (Å²) in [4.78, 5) is 53.4. The fourth-order valence-electron chi connectivity index (χ4n) is 4.34. The van der Waals surface area contributed by atoms with E-state index in [1.165, 1.54) is 24.3 Å². The van der Waals surface area contributed by atoms with Gasteiger partial charge in [0, 0.05) is 13.1 Å². The van der Waals surface area contributed by atoms with E-state index in [-0.39, 0.29) is 31.3 Å². The zero-order valence-electron chi connectivity index (χ0n) is 17.8. The smallest absolute Gasteiger partial charge is 0.319 e. The Kier molecular flexibility index (Phi) is 5.78. The average molecular weight is 437 g/mol. The molecule has 2 heterocycles. The quantitative estimate of drug-likeness (QED) is 0.506. The van der Waals surface area contributed by atoms with Crippen molar-refractivity contribution < 1.29 is 23.6 Å². The van der Waals surface area contributed by atoms with Crippen LogP contribution in [-0.4, -0.2) is 46.6 Å². The average Bonchev–Trinajstić information content (AvgIpc) is 3.18. The molecule has 166 valence electrons. The van der Waals surface area contributed by atoms with E-state index >= 15 is 0 Å². The second kappa shape index (κ2) is 8.53. The summed E-state index contributed by atoms with van der Waals surface area (Å²) >= 11 is 0. The van der Waals surface area contributed by atoms with E-state index in [9.17, 15) is 23.6 Å². The first-order valence-corrected chi connectivity index (χ1v) is 10.7. The third kappa shape index (κ3) is 3.55. The van der Waals surface area contributed by atoms with Crippen LogP contribution in [0.3, 0.4) is 0 Å². The standard InChI is InChI=1S/C24H24FN3O4/c1-2-3-13-24(16-9-11-17(25)12-10-16)22(31)28(23(32)26-24)15-6-14-27-20(29)18-7-4-5-8-19(18)21(27)30/h4-5,7-12H,2-3,6,13-15H2,1H3,(H,26,32). The monoisotopic (exact) mass is 437 g/mol. The lowest BCUT2D eigenvalue weighted by atomic mass is 9.84. The van der Waals surface area contributed by atoms with Crippen LogP contribution in [-0.2, 0) is 10.3 Å². The first kappa shape index (κ1) is 21.7. The Morgan fingerprint density at radius 1 is 0.844 bits per heavy atom. The predicted molar refractivity (Wildman–Crippen MR) is 114 cm³/mol. The molecule has 32 heavy (non-hydrogen) atoms. The van der Waals surface area contributed by atoms with Crippen molar-refractivity contribution in [3.63, 3.8) is 0 Å². The summed E-state index contributed by atoms with van der Waals surface area (Å²) in [5.41, 5.74) is 0.0226. The maximum Gasteiger partial charge on any atom is 0.325 e. The first-order chi connectivity index (χ1) is 15.4. The van der Waals surface area contributed by atoms with Crippen LogP contribution in [0, 0.1) is 5.82 Å². The maximum atomic E-state index is 13.4. The van der Waals surface area contributed by atoms with Crippen LogP contribution in [0.2, 0.25) is 0 Å². The normalized spacial score (nSPS) is 20.2. The number of fused-ring (bicyclic) bond motifs is 1. The van der Waals surface area contributed by atoms with Gasteiger partial charge < -0.3 is 5.32 Å². The van der Waals surface area contributed by atoms with Gasteiger partial charge in [0.25, 0.3) is 17.7 Å². The summed E-state index contributed by atoms with van der Waals surface area (Å²) in [6, 6.07) is 11.7. The summed E-state index contributed by atoms with van der Waals surface area (Å²) in [6.45, 7) is 2.15. The van der Waals surface area contributed by atoms with Crippen LogP contribution >= 0.6 is 0 Å². The molecule has 2 aromatic carbocycles. The number of urea groups is 1. The highest BCUT2D eigenvalue weighted by Crippen LogP contribution is 2.34. The fraction of sp³-hybridized carbons (Fsp3) is 0.333. The Morgan fingerprint density at radius 2 is 1.44 bits per heavy atom. The molecule has 0 aliphatic carbocycles. The first-order valence-electron chi connectivity index (χ1n) is 10.7. The SMILES string of the molecule is CCCCC1(c2ccc(F)cc2)NC(=O)N(CCCN2C(=O)c3ccccc3C2=O)C1=O. The molecule has 2 aliphatic heterocycles. The number of nitrogens with one attached hydrogen (secondary N) is 1. The van der Waals surface area contributed by atoms with Gasteiger partial charge in [-0.25, -0.2) is 9.18 Å². The van der Waals surface area contributed by atoms with Gasteiger partial charge in [0.05, 0.1) is 11.1 Å². The molecule has 4 rings (SSSR count). The van der Waals surface area contributed by atoms with Crippen molar-refractivity contribution in [2.24, 2.45) is 0 Å². The van der Waals surface area contributed by atoms with Crippen molar-refractivity contribution >= 4 is 23.8 Å². The Bertz CT molecular complexity index is 1050. The van der Waals surface area contributed by atoms with E-state index in [4.69, 9.17) is 0 Å². The van der Waals surface area contributed by atoms with Crippen LogP contribution in [0.4, 0.5) is 9.18 Å². The van der Waals surface area contributed by atoms with Crippen molar-refractivity contribution in [3.8, 4) is 0 Å². The summed E-state index contributed by atoms with van der Waals surface area (Å²) in [5, 5.41) is 2.82. The van der Waals surface area contributed by atoms with E-state index in [1.54, 1.807) is 24.3 Å². The molecule has 8 heteroatoms. The summed E-state index contributed by atoms with van der Waals surface area (Å²) in [5.74, 6) is -1.56. The second-order valence-corrected chi connectivity index (χ2v) is 8.06. The second-order valence-electron chi connectivity index (χ2n) is 8.06. The minimum absolute atomic E-state index is 0.0626. The minimum atomic E-state index is -1.24. The number of carbonyl (C=O) groups is 4. The molecule has 0 bridgehead atoms. The third-order valence-electron chi connectivity index (χ3n) is 6.06. The fourth-order valence-corrected chi connectivity index (χ4v) is 4.34. The molecule has 5 amide bonds. The van der Waals surface area contributed by atoms with Crippen LogP contribution in [0.25, 0.3) is 0 Å². The van der Waals surface area contributed by atoms with Crippen LogP contribution in [0.15, 0.2) is 48.5 Å². The molecule has 1 atom stereocenters. The Balaban J connectivity index is 1.47. The topological polar surface area (TPSA) is 86.8 Å². The number of hydrogen-bond donors (Lipinski definition) is 1. The van der Waals surface area contributed by atoms with E-state index < -0.39 is 23.3 Å². The molecule has 0 spiro atoms. The lowest BCUT2D eigenvalue weighted by molar-refractivity contribution is -0.132. The Morgan fingerprint density at radius 3 is 2.03 bits per heavy atom. The number of hydrogen-bond acceptors (Lipinski definition) is 4. The van der Waals surface area contributed by atoms with E-state index in [0.29, 0.717) is 29.5 Å². The van der Waals surface area contributed by atoms with Gasteiger partial charge in [0.1, 0.15) is 11.4 Å². The number of rotatable bonds is 8. The molecule has 0 radical (unpaired) electrons. The lowest BCUT2D eigenvalue weighted by Gasteiger charge is -2.27. The number of benzene rings is 2. The van der Waals surface area contributed by atoms with Gasteiger partial charge in [-0.15, -0.1) is 0 Å². The highest BCUT2D eigenvalue weighted by atomic mass is 19.1. The molecule has 2 aromatic rings. The summed E-state index contributed by atoms with van der Waals surface area (Å²) < 4.78 is 13.4. The van der Waals surface area contributed by atoms with E-state index in [1.807, 2.05) is 6.92 Å². The van der Waals surface area contributed by atoms with Crippen LogP contribution in [0.1, 0.15) is 58.9 Å². The number of unbranched alkanes of at least 4 members (excludes halogenated alkanes) is 1. The Hall–Kier alpha value is -3.55. The zero-order valence-corrected chi connectivity index (χ0v) is 17.8. The highest BCUT2D eigenvalue weighted by Gasteiger charge is 2.51. The number of amides is 5. The van der Waals surface area contributed by atoms with Gasteiger partial charge in [0.15, 0.2) is 0 Å². The molecule has 0 saturated carbocycles. The van der Waals surface area contributed by atoms with Gasteiger partial charge in [-0.2, -0.15) is 0 Å². The Labute approximate surface area is 185 Å². The van der Waals surface area contributed by atoms with Gasteiger partial charge in [-0.05, 0) is 42.7 Å². The van der Waals surface area contributed by atoms with Crippen molar-refractivity contribution in [1.82, 2.24) is 15.1 Å². The molecular formula is C24H24FN3O4. The minimum Gasteiger partial charge on any atom is -0.319 e. The number of nitrogens with zero attached hydrogens (tertiary/aromatic N) is 2. The van der Waals surface area contributed by atoms with Crippen molar-refractivity contribution in [1.29, 1.82) is 0 Å². The largest absolute Gasteiger partial charge is 0.325 e. The maximum absolute atomic E-state index is 13.4. The van der Waals surface area contributed by atoms with Crippen molar-refractivity contribution in [2.75, 3.05) is 13.1 Å². The van der Waals surface area contributed by atoms with Crippen LogP contribution in [0.5, 0.6) is 0 Å². The predicted octanol–water partition coefficient (Wildman–Crippen LogP) is 3.45. The van der Waals surface area contributed by atoms with Gasteiger partial charge in [-0.1, -0.05) is 44.0 Å². The van der Waals surface area contributed by atoms with Crippen molar-refractivity contribution in [3.05, 3.63) is 71.0 Å². The van der Waals surface area contributed by atoms with Gasteiger partial charge in [0.2, 0.25) is 0 Å². The van der Waals surface area contributed by atoms with Crippen molar-refractivity contribution in [2.45, 2.75) is 38.1 Å². The number of imide groups is 2.